The Morgan fingerprint density at radius 2 is 2.04 bits per heavy atom. The number of hydrogen-bond donors (Lipinski definition) is 1. The first-order valence-corrected chi connectivity index (χ1v) is 9.67. The van der Waals surface area contributed by atoms with Crippen LogP contribution in [-0.2, 0) is 12.6 Å². The number of hydrogen-bond acceptors (Lipinski definition) is 4. The van der Waals surface area contributed by atoms with Crippen LogP contribution in [0.4, 0.5) is 13.2 Å². The number of rotatable bonds is 7. The van der Waals surface area contributed by atoms with E-state index >= 15 is 0 Å². The molecule has 1 amide bonds. The van der Waals surface area contributed by atoms with Crippen LogP contribution in [0.2, 0.25) is 0 Å². The zero-order valence-corrected chi connectivity index (χ0v) is 16.0. The molecule has 0 fully saturated rings. The maximum absolute atomic E-state index is 12.8. The summed E-state index contributed by atoms with van der Waals surface area (Å²) in [4.78, 5) is 16.5. The zero-order valence-electron chi connectivity index (χ0n) is 15.2. The van der Waals surface area contributed by atoms with Gasteiger partial charge in [-0.15, -0.1) is 11.3 Å². The summed E-state index contributed by atoms with van der Waals surface area (Å²) in [5, 5.41) is 5.85. The number of carbonyl (C=O) groups is 1. The summed E-state index contributed by atoms with van der Waals surface area (Å²) in [5.41, 5.74) is 0.526. The van der Waals surface area contributed by atoms with Crippen molar-refractivity contribution >= 4 is 17.2 Å². The van der Waals surface area contributed by atoms with Crippen molar-refractivity contribution in [2.75, 3.05) is 6.54 Å². The molecule has 2 heterocycles. The summed E-state index contributed by atoms with van der Waals surface area (Å²) in [5.74, 6) is -0.0957. The molecule has 0 saturated carbocycles. The Morgan fingerprint density at radius 3 is 2.75 bits per heavy atom. The molecule has 3 aromatic rings. The Bertz CT molecular complexity index is 947. The molecule has 0 atom stereocenters. The second-order valence-electron chi connectivity index (χ2n) is 6.34. The summed E-state index contributed by atoms with van der Waals surface area (Å²) in [7, 11) is 0. The van der Waals surface area contributed by atoms with E-state index in [1.807, 2.05) is 12.3 Å². The summed E-state index contributed by atoms with van der Waals surface area (Å²) < 4.78 is 43.9. The average molecular weight is 408 g/mol. The fourth-order valence-electron chi connectivity index (χ4n) is 2.67. The molecule has 0 aliphatic carbocycles. The Balaban J connectivity index is 1.51. The molecular formula is C20H19F3N2O2S. The molecule has 0 aliphatic heterocycles. The molecule has 2 aromatic heterocycles. The Kier molecular flexibility index (Phi) is 6.18. The largest absolute Gasteiger partial charge is 0.451 e. The summed E-state index contributed by atoms with van der Waals surface area (Å²) in [6, 6.07) is 7.77. The molecule has 148 valence electrons. The number of aryl methyl sites for hydroxylation is 2. The van der Waals surface area contributed by atoms with Crippen molar-refractivity contribution in [1.29, 1.82) is 0 Å². The number of halogens is 3. The fraction of sp³-hybridized carbons (Fsp3) is 0.300. The molecule has 28 heavy (non-hydrogen) atoms. The van der Waals surface area contributed by atoms with E-state index < -0.39 is 11.7 Å². The van der Waals surface area contributed by atoms with Crippen LogP contribution < -0.4 is 5.32 Å². The number of thiazole rings is 1. The number of carbonyl (C=O) groups excluding carboxylic acids is 1. The number of aromatic nitrogens is 1. The lowest BCUT2D eigenvalue weighted by Gasteiger charge is -2.07. The number of alkyl halides is 3. The first-order valence-electron chi connectivity index (χ1n) is 8.79. The van der Waals surface area contributed by atoms with E-state index in [1.165, 1.54) is 24.3 Å². The van der Waals surface area contributed by atoms with Gasteiger partial charge >= 0.3 is 6.18 Å². The van der Waals surface area contributed by atoms with E-state index in [-0.39, 0.29) is 23.0 Å². The molecule has 0 unspecified atom stereocenters. The number of benzene rings is 1. The van der Waals surface area contributed by atoms with Crippen molar-refractivity contribution in [1.82, 2.24) is 10.3 Å². The standard InChI is InChI=1S/C20H19F3N2O2S/c1-13-12-28-18(25-13)7-2-3-10-24-19(26)17-9-8-16(27-17)14-5-4-6-15(11-14)20(21,22)23/h4-6,8-9,11-12H,2-3,7,10H2,1H3,(H,24,26). The lowest BCUT2D eigenvalue weighted by Crippen LogP contribution is -2.23. The van der Waals surface area contributed by atoms with Gasteiger partial charge in [-0.3, -0.25) is 4.79 Å². The van der Waals surface area contributed by atoms with Gasteiger partial charge in [-0.25, -0.2) is 4.98 Å². The maximum Gasteiger partial charge on any atom is 0.416 e. The molecule has 1 N–H and O–H groups in total. The third kappa shape index (κ3) is 5.22. The molecular weight excluding hydrogens is 389 g/mol. The Labute approximate surface area is 164 Å². The Hall–Kier alpha value is -2.61. The molecule has 8 heteroatoms. The van der Waals surface area contributed by atoms with Gasteiger partial charge in [0.1, 0.15) is 5.76 Å². The van der Waals surface area contributed by atoms with Crippen molar-refractivity contribution in [2.45, 2.75) is 32.4 Å². The normalized spacial score (nSPS) is 11.6. The average Bonchev–Trinajstić information content (AvgIpc) is 3.30. The molecule has 0 saturated heterocycles. The first-order chi connectivity index (χ1) is 13.3. The number of nitrogens with one attached hydrogen (secondary N) is 1. The van der Waals surface area contributed by atoms with Crippen molar-refractivity contribution in [3.63, 3.8) is 0 Å². The van der Waals surface area contributed by atoms with Gasteiger partial charge in [0.05, 0.1) is 10.6 Å². The maximum atomic E-state index is 12.8. The lowest BCUT2D eigenvalue weighted by molar-refractivity contribution is -0.137. The van der Waals surface area contributed by atoms with Crippen molar-refractivity contribution < 1.29 is 22.4 Å². The van der Waals surface area contributed by atoms with E-state index in [0.717, 1.165) is 42.1 Å². The lowest BCUT2D eigenvalue weighted by atomic mass is 10.1. The van der Waals surface area contributed by atoms with Crippen molar-refractivity contribution in [3.8, 4) is 11.3 Å². The molecule has 0 bridgehead atoms. The molecule has 4 nitrogen and oxygen atoms in total. The minimum Gasteiger partial charge on any atom is -0.451 e. The van der Waals surface area contributed by atoms with Gasteiger partial charge in [-0.05, 0) is 50.5 Å². The van der Waals surface area contributed by atoms with Crippen LogP contribution in [0.25, 0.3) is 11.3 Å². The van der Waals surface area contributed by atoms with E-state index in [9.17, 15) is 18.0 Å². The van der Waals surface area contributed by atoms with E-state index in [2.05, 4.69) is 10.3 Å². The van der Waals surface area contributed by atoms with Gasteiger partial charge in [0, 0.05) is 23.2 Å². The highest BCUT2D eigenvalue weighted by molar-refractivity contribution is 7.09. The van der Waals surface area contributed by atoms with Crippen LogP contribution in [-0.4, -0.2) is 17.4 Å². The van der Waals surface area contributed by atoms with Crippen LogP contribution >= 0.6 is 11.3 Å². The minimum atomic E-state index is -4.43. The summed E-state index contributed by atoms with van der Waals surface area (Å²) in [6.45, 7) is 2.44. The van der Waals surface area contributed by atoms with Gasteiger partial charge in [-0.1, -0.05) is 12.1 Å². The third-order valence-electron chi connectivity index (χ3n) is 4.07. The third-order valence-corrected chi connectivity index (χ3v) is 5.10. The van der Waals surface area contributed by atoms with Gasteiger partial charge in [0.25, 0.3) is 5.91 Å². The van der Waals surface area contributed by atoms with Crippen LogP contribution in [0.5, 0.6) is 0 Å². The predicted molar refractivity (Wildman–Crippen MR) is 101 cm³/mol. The van der Waals surface area contributed by atoms with Crippen molar-refractivity contribution in [3.05, 3.63) is 63.8 Å². The highest BCUT2D eigenvalue weighted by Crippen LogP contribution is 2.32. The topological polar surface area (TPSA) is 55.1 Å². The quantitative estimate of drug-likeness (QED) is 0.527. The van der Waals surface area contributed by atoms with Crippen LogP contribution in [0.3, 0.4) is 0 Å². The number of furan rings is 1. The molecule has 0 aliphatic rings. The van der Waals surface area contributed by atoms with Gasteiger partial charge in [-0.2, -0.15) is 13.2 Å². The molecule has 0 spiro atoms. The number of amides is 1. The van der Waals surface area contributed by atoms with E-state index in [0.29, 0.717) is 6.54 Å². The smallest absolute Gasteiger partial charge is 0.416 e. The van der Waals surface area contributed by atoms with Gasteiger partial charge in [0.15, 0.2) is 5.76 Å². The molecule has 3 rings (SSSR count). The first kappa shape index (κ1) is 20.1. The SMILES string of the molecule is Cc1csc(CCCCNC(=O)c2ccc(-c3cccc(C(F)(F)F)c3)o2)n1. The Morgan fingerprint density at radius 1 is 1.21 bits per heavy atom. The monoisotopic (exact) mass is 408 g/mol. The van der Waals surface area contributed by atoms with E-state index in [1.54, 1.807) is 11.3 Å². The van der Waals surface area contributed by atoms with Crippen LogP contribution in [0.1, 0.15) is 39.7 Å². The zero-order chi connectivity index (χ0) is 20.1. The van der Waals surface area contributed by atoms with Gasteiger partial charge < -0.3 is 9.73 Å². The second-order valence-corrected chi connectivity index (χ2v) is 7.28. The molecule has 0 radical (unpaired) electrons. The van der Waals surface area contributed by atoms with Crippen LogP contribution in [0.15, 0.2) is 46.2 Å². The highest BCUT2D eigenvalue weighted by atomic mass is 32.1. The molecule has 1 aromatic carbocycles. The number of nitrogens with zero attached hydrogens (tertiary/aromatic N) is 1. The summed E-state index contributed by atoms with van der Waals surface area (Å²) in [6.07, 6.45) is -1.86. The minimum absolute atomic E-state index is 0.0722. The fourth-order valence-corrected chi connectivity index (χ4v) is 3.49. The highest BCUT2D eigenvalue weighted by Gasteiger charge is 2.30. The van der Waals surface area contributed by atoms with Crippen LogP contribution in [0, 0.1) is 6.92 Å². The predicted octanol–water partition coefficient (Wildman–Crippen LogP) is 5.48. The second kappa shape index (κ2) is 8.60. The number of unbranched alkanes of at least 4 members (excludes halogenated alkanes) is 1. The van der Waals surface area contributed by atoms with Crippen molar-refractivity contribution in [2.24, 2.45) is 0 Å². The van der Waals surface area contributed by atoms with E-state index in [4.69, 9.17) is 4.42 Å². The summed E-state index contributed by atoms with van der Waals surface area (Å²) >= 11 is 1.63. The van der Waals surface area contributed by atoms with Gasteiger partial charge in [0.2, 0.25) is 0 Å².